The van der Waals surface area contributed by atoms with Crippen LogP contribution in [0.2, 0.25) is 0 Å². The molecule has 39 heavy (non-hydrogen) atoms. The molecule has 5 heterocycles. The summed E-state index contributed by atoms with van der Waals surface area (Å²) in [5, 5.41) is 7.71. The Morgan fingerprint density at radius 2 is 1.87 bits per heavy atom. The van der Waals surface area contributed by atoms with Gasteiger partial charge in [0.25, 0.3) is 0 Å². The zero-order valence-corrected chi connectivity index (χ0v) is 23.0. The largest absolute Gasteiger partial charge is 0.474 e. The van der Waals surface area contributed by atoms with Gasteiger partial charge < -0.3 is 25.0 Å². The van der Waals surface area contributed by atoms with Gasteiger partial charge in [-0.1, -0.05) is 0 Å². The highest BCUT2D eigenvalue weighted by atomic mass is 32.2. The van der Waals surface area contributed by atoms with Crippen molar-refractivity contribution < 1.29 is 17.9 Å². The Kier molecular flexibility index (Phi) is 7.41. The SMILES string of the molecule is CS(=O)(=O)Nc1cnc2cc(N3CCOCC3)nc(O[C@H]3CC[C@@H](Nc4cc5c(cn4)CNCC5)CC3)c2c1. The van der Waals surface area contributed by atoms with Crippen molar-refractivity contribution in [1.29, 1.82) is 0 Å². The summed E-state index contributed by atoms with van der Waals surface area (Å²) in [6.07, 6.45) is 9.36. The van der Waals surface area contributed by atoms with E-state index in [4.69, 9.17) is 14.5 Å². The topological polar surface area (TPSA) is 131 Å². The highest BCUT2D eigenvalue weighted by Gasteiger charge is 2.25. The molecule has 3 N–H and O–H groups in total. The zero-order valence-electron chi connectivity index (χ0n) is 22.1. The van der Waals surface area contributed by atoms with Crippen LogP contribution in [0.4, 0.5) is 17.3 Å². The lowest BCUT2D eigenvalue weighted by atomic mass is 9.93. The summed E-state index contributed by atoms with van der Waals surface area (Å²) in [7, 11) is -3.44. The molecular formula is C27H35N7O4S. The van der Waals surface area contributed by atoms with Gasteiger partial charge in [-0.3, -0.25) is 9.71 Å². The van der Waals surface area contributed by atoms with Gasteiger partial charge in [0, 0.05) is 37.9 Å². The Bertz CT molecular complexity index is 1440. The molecule has 2 fully saturated rings. The maximum atomic E-state index is 11.8. The van der Waals surface area contributed by atoms with Gasteiger partial charge in [-0.25, -0.2) is 13.4 Å². The number of ether oxygens (including phenoxy) is 2. The minimum absolute atomic E-state index is 0.00720. The van der Waals surface area contributed by atoms with E-state index in [1.807, 2.05) is 12.3 Å². The molecule has 0 spiro atoms. The molecule has 208 valence electrons. The van der Waals surface area contributed by atoms with Crippen LogP contribution in [-0.4, -0.2) is 74.6 Å². The first-order valence-electron chi connectivity index (χ1n) is 13.6. The molecule has 0 amide bonds. The van der Waals surface area contributed by atoms with Crippen LogP contribution in [0.15, 0.2) is 30.6 Å². The third-order valence-corrected chi connectivity index (χ3v) is 8.15. The predicted molar refractivity (Wildman–Crippen MR) is 151 cm³/mol. The molecule has 3 aromatic rings. The molecule has 1 saturated heterocycles. The summed E-state index contributed by atoms with van der Waals surface area (Å²) in [6, 6.07) is 6.22. The van der Waals surface area contributed by atoms with Gasteiger partial charge >= 0.3 is 0 Å². The Labute approximate surface area is 228 Å². The standard InChI is InChI=1S/C27H35N7O4S/c1-39(35,36)33-21-13-23-24(29-17-21)14-26(34-8-10-37-11-9-34)32-27(23)38-22-4-2-20(3-5-22)31-25-12-18-6-7-28-15-19(18)16-30-25/h12-14,16-17,20,22,28,33H,2-11,15H2,1H3,(H,30,31)/t20-,22+. The summed E-state index contributed by atoms with van der Waals surface area (Å²) in [6.45, 7) is 4.68. The first-order chi connectivity index (χ1) is 18.9. The van der Waals surface area contributed by atoms with E-state index in [0.717, 1.165) is 76.2 Å². The average molecular weight is 554 g/mol. The Morgan fingerprint density at radius 1 is 1.05 bits per heavy atom. The van der Waals surface area contributed by atoms with Gasteiger partial charge in [0.05, 0.1) is 42.3 Å². The van der Waals surface area contributed by atoms with E-state index in [-0.39, 0.29) is 6.10 Å². The van der Waals surface area contributed by atoms with Gasteiger partial charge in [0.2, 0.25) is 15.9 Å². The highest BCUT2D eigenvalue weighted by molar-refractivity contribution is 7.92. The number of nitrogens with one attached hydrogen (secondary N) is 3. The maximum Gasteiger partial charge on any atom is 0.229 e. The number of hydrogen-bond acceptors (Lipinski definition) is 10. The number of nitrogens with zero attached hydrogens (tertiary/aromatic N) is 4. The lowest BCUT2D eigenvalue weighted by Crippen LogP contribution is -2.37. The van der Waals surface area contributed by atoms with Gasteiger partial charge in [-0.2, -0.15) is 4.98 Å². The normalized spacial score (nSPS) is 21.8. The Balaban J connectivity index is 1.18. The first kappa shape index (κ1) is 26.0. The summed E-state index contributed by atoms with van der Waals surface area (Å²) >= 11 is 0. The van der Waals surface area contributed by atoms with Crippen molar-refractivity contribution in [2.75, 3.05) is 54.0 Å². The number of pyridine rings is 3. The van der Waals surface area contributed by atoms with Crippen molar-refractivity contribution in [2.24, 2.45) is 0 Å². The fraction of sp³-hybridized carbons (Fsp3) is 0.519. The van der Waals surface area contributed by atoms with E-state index >= 15 is 0 Å². The van der Waals surface area contributed by atoms with Crippen LogP contribution in [-0.2, 0) is 27.7 Å². The summed E-state index contributed by atoms with van der Waals surface area (Å²) in [5.41, 5.74) is 3.76. The van der Waals surface area contributed by atoms with Gasteiger partial charge in [-0.15, -0.1) is 0 Å². The number of rotatable bonds is 7. The number of aromatic nitrogens is 3. The quantitative estimate of drug-likeness (QED) is 0.401. The number of fused-ring (bicyclic) bond motifs is 2. The molecule has 3 aromatic heterocycles. The third kappa shape index (κ3) is 6.34. The van der Waals surface area contributed by atoms with Gasteiger partial charge in [0.15, 0.2) is 0 Å². The van der Waals surface area contributed by atoms with Crippen LogP contribution in [0.1, 0.15) is 36.8 Å². The van der Waals surface area contributed by atoms with Crippen LogP contribution < -0.4 is 25.0 Å². The fourth-order valence-corrected chi connectivity index (χ4v) is 6.07. The maximum absolute atomic E-state index is 11.8. The van der Waals surface area contributed by atoms with Gasteiger partial charge in [-0.05, 0) is 61.9 Å². The molecule has 2 aliphatic heterocycles. The van der Waals surface area contributed by atoms with Gasteiger partial charge in [0.1, 0.15) is 17.7 Å². The molecule has 1 saturated carbocycles. The molecule has 6 rings (SSSR count). The molecule has 0 unspecified atom stereocenters. The van der Waals surface area contributed by atoms with Crippen molar-refractivity contribution >= 4 is 38.2 Å². The number of morpholine rings is 1. The zero-order chi connectivity index (χ0) is 26.8. The predicted octanol–water partition coefficient (Wildman–Crippen LogP) is 2.68. The Morgan fingerprint density at radius 3 is 2.67 bits per heavy atom. The van der Waals surface area contributed by atoms with Crippen LogP contribution in [0.25, 0.3) is 10.9 Å². The summed E-state index contributed by atoms with van der Waals surface area (Å²) in [4.78, 5) is 16.2. The van der Waals surface area contributed by atoms with Crippen LogP contribution in [0.3, 0.4) is 0 Å². The smallest absolute Gasteiger partial charge is 0.229 e. The van der Waals surface area contributed by atoms with E-state index in [0.29, 0.717) is 41.7 Å². The molecule has 0 bridgehead atoms. The first-order valence-corrected chi connectivity index (χ1v) is 15.5. The molecule has 3 aliphatic rings. The number of hydrogen-bond donors (Lipinski definition) is 3. The monoisotopic (exact) mass is 553 g/mol. The fourth-order valence-electron chi connectivity index (χ4n) is 5.53. The van der Waals surface area contributed by atoms with E-state index in [1.54, 1.807) is 6.07 Å². The lowest BCUT2D eigenvalue weighted by molar-refractivity contribution is 0.122. The van der Waals surface area contributed by atoms with Crippen LogP contribution in [0, 0.1) is 0 Å². The van der Waals surface area contributed by atoms with Crippen LogP contribution >= 0.6 is 0 Å². The van der Waals surface area contributed by atoms with Crippen molar-refractivity contribution in [3.63, 3.8) is 0 Å². The van der Waals surface area contributed by atoms with E-state index in [9.17, 15) is 8.42 Å². The van der Waals surface area contributed by atoms with E-state index in [1.165, 1.54) is 17.3 Å². The molecular weight excluding hydrogens is 518 g/mol. The molecule has 0 atom stereocenters. The number of anilines is 3. The Hall–Kier alpha value is -3.22. The molecule has 11 nitrogen and oxygen atoms in total. The van der Waals surface area contributed by atoms with E-state index in [2.05, 4.69) is 36.3 Å². The molecule has 0 radical (unpaired) electrons. The second kappa shape index (κ2) is 11.1. The van der Waals surface area contributed by atoms with Crippen molar-refractivity contribution in [2.45, 2.75) is 50.8 Å². The summed E-state index contributed by atoms with van der Waals surface area (Å²) < 4.78 is 38.2. The second-order valence-corrected chi connectivity index (χ2v) is 12.3. The molecule has 1 aliphatic carbocycles. The second-order valence-electron chi connectivity index (χ2n) is 10.6. The lowest BCUT2D eigenvalue weighted by Gasteiger charge is -2.31. The molecule has 0 aromatic carbocycles. The minimum atomic E-state index is -3.44. The summed E-state index contributed by atoms with van der Waals surface area (Å²) in [5.74, 6) is 2.23. The average Bonchev–Trinajstić information content (AvgIpc) is 2.94. The van der Waals surface area contributed by atoms with Crippen molar-refractivity contribution in [1.82, 2.24) is 20.3 Å². The van der Waals surface area contributed by atoms with E-state index < -0.39 is 10.0 Å². The van der Waals surface area contributed by atoms with Crippen molar-refractivity contribution in [3.05, 3.63) is 41.7 Å². The van der Waals surface area contributed by atoms with Crippen molar-refractivity contribution in [3.8, 4) is 5.88 Å². The molecule has 12 heteroatoms. The highest BCUT2D eigenvalue weighted by Crippen LogP contribution is 2.33. The minimum Gasteiger partial charge on any atom is -0.474 e. The third-order valence-electron chi connectivity index (χ3n) is 7.54. The van der Waals surface area contributed by atoms with Crippen LogP contribution in [0.5, 0.6) is 5.88 Å². The number of sulfonamides is 1.